The summed E-state index contributed by atoms with van der Waals surface area (Å²) in [7, 11) is 1.97. The fourth-order valence-electron chi connectivity index (χ4n) is 5.30. The number of benzene rings is 3. The van der Waals surface area contributed by atoms with Gasteiger partial charge < -0.3 is 19.1 Å². The molecule has 1 fully saturated rings. The number of nitrogens with zero attached hydrogens (tertiary/aromatic N) is 8. The molecule has 0 aliphatic carbocycles. The fourth-order valence-corrected chi connectivity index (χ4v) is 5.30. The highest BCUT2D eigenvalue weighted by Gasteiger charge is 2.25. The van der Waals surface area contributed by atoms with Crippen molar-refractivity contribution >= 4 is 34.0 Å². The van der Waals surface area contributed by atoms with Crippen molar-refractivity contribution in [3.05, 3.63) is 102 Å². The summed E-state index contributed by atoms with van der Waals surface area (Å²) in [6.07, 6.45) is 1.80. The molecule has 40 heavy (non-hydrogen) atoms. The Kier molecular flexibility index (Phi) is 6.33. The topological polar surface area (TPSA) is 77.1 Å². The molecule has 0 radical (unpaired) electrons. The van der Waals surface area contributed by atoms with E-state index in [1.54, 1.807) is 6.33 Å². The van der Waals surface area contributed by atoms with Crippen molar-refractivity contribution < 1.29 is 4.74 Å². The van der Waals surface area contributed by atoms with Crippen LogP contribution in [0.5, 0.6) is 0 Å². The van der Waals surface area contributed by atoms with Gasteiger partial charge in [-0.1, -0.05) is 72.8 Å². The Morgan fingerprint density at radius 1 is 0.775 bits per heavy atom. The number of aryl methyl sites for hydroxylation is 1. The molecule has 1 saturated heterocycles. The second kappa shape index (κ2) is 10.4. The van der Waals surface area contributed by atoms with Crippen molar-refractivity contribution in [1.82, 2.24) is 29.1 Å². The average molecular weight is 531 g/mol. The molecule has 3 aromatic heterocycles. The van der Waals surface area contributed by atoms with Gasteiger partial charge in [-0.3, -0.25) is 0 Å². The van der Waals surface area contributed by atoms with Crippen LogP contribution < -0.4 is 9.80 Å². The number of imidazole rings is 2. The molecule has 7 rings (SSSR count). The summed E-state index contributed by atoms with van der Waals surface area (Å²) in [5.41, 5.74) is 5.84. The summed E-state index contributed by atoms with van der Waals surface area (Å²) in [6, 6.07) is 29.2. The normalized spacial score (nSPS) is 13.8. The summed E-state index contributed by atoms with van der Waals surface area (Å²) in [5.74, 6) is 2.20. The zero-order valence-electron chi connectivity index (χ0n) is 22.4. The van der Waals surface area contributed by atoms with Crippen LogP contribution in [0.15, 0.2) is 91.3 Å². The molecule has 4 heterocycles. The van der Waals surface area contributed by atoms with Crippen molar-refractivity contribution in [3.63, 3.8) is 0 Å². The fraction of sp³-hybridized carbons (Fsp3) is 0.226. The number of hydrogen-bond acceptors (Lipinski definition) is 7. The van der Waals surface area contributed by atoms with Gasteiger partial charge in [0.15, 0.2) is 17.0 Å². The van der Waals surface area contributed by atoms with Crippen molar-refractivity contribution in [1.29, 1.82) is 0 Å². The molecule has 1 aliphatic heterocycles. The van der Waals surface area contributed by atoms with Crippen LogP contribution in [-0.4, -0.2) is 55.4 Å². The van der Waals surface area contributed by atoms with E-state index in [9.17, 15) is 0 Å². The third-order valence-corrected chi connectivity index (χ3v) is 7.30. The minimum Gasteiger partial charge on any atom is -0.378 e. The van der Waals surface area contributed by atoms with E-state index < -0.39 is 0 Å². The van der Waals surface area contributed by atoms with Crippen molar-refractivity contribution in [3.8, 4) is 5.95 Å². The Bertz CT molecular complexity index is 1720. The minimum absolute atomic E-state index is 0.576. The number of morpholine rings is 1. The molecular formula is C31H30N8O. The molecule has 9 heteroatoms. The maximum Gasteiger partial charge on any atom is 0.241 e. The Labute approximate surface area is 232 Å². The molecule has 0 amide bonds. The van der Waals surface area contributed by atoms with Gasteiger partial charge in [0.2, 0.25) is 11.9 Å². The van der Waals surface area contributed by atoms with Crippen LogP contribution in [0.3, 0.4) is 0 Å². The highest BCUT2D eigenvalue weighted by Crippen LogP contribution is 2.31. The van der Waals surface area contributed by atoms with E-state index >= 15 is 0 Å². The number of para-hydroxylation sites is 2. The second-order valence-corrected chi connectivity index (χ2v) is 10.0. The monoisotopic (exact) mass is 530 g/mol. The molecule has 0 N–H and O–H groups in total. The average Bonchev–Trinajstić information content (AvgIpc) is 3.58. The molecular weight excluding hydrogens is 500 g/mol. The van der Waals surface area contributed by atoms with E-state index in [0.717, 1.165) is 47.1 Å². The standard InChI is InChI=1S/C31H30N8O/c1-36-22-32-27-28(36)34-30(35-29(27)37-16-18-40-19-17-37)39-26-15-9-8-14-25(26)33-31(39)38(20-23-10-4-2-5-11-23)21-24-12-6-3-7-13-24/h2-15,22H,16-21H2,1H3. The van der Waals surface area contributed by atoms with Crippen molar-refractivity contribution in [2.24, 2.45) is 7.05 Å². The van der Waals surface area contributed by atoms with Crippen LogP contribution in [0.1, 0.15) is 11.1 Å². The van der Waals surface area contributed by atoms with E-state index in [0.29, 0.717) is 32.3 Å². The highest BCUT2D eigenvalue weighted by molar-refractivity contribution is 5.86. The Morgan fingerprint density at radius 2 is 1.43 bits per heavy atom. The lowest BCUT2D eigenvalue weighted by atomic mass is 10.2. The van der Waals surface area contributed by atoms with E-state index in [1.807, 2.05) is 41.9 Å². The van der Waals surface area contributed by atoms with Gasteiger partial charge in [-0.05, 0) is 23.3 Å². The lowest BCUT2D eigenvalue weighted by molar-refractivity contribution is 0.122. The van der Waals surface area contributed by atoms with Gasteiger partial charge in [0.05, 0.1) is 30.6 Å². The second-order valence-electron chi connectivity index (χ2n) is 10.0. The van der Waals surface area contributed by atoms with Gasteiger partial charge in [0, 0.05) is 33.2 Å². The number of rotatable bonds is 7. The number of hydrogen-bond donors (Lipinski definition) is 0. The maximum absolute atomic E-state index is 5.63. The van der Waals surface area contributed by atoms with E-state index in [2.05, 4.69) is 73.9 Å². The van der Waals surface area contributed by atoms with Crippen molar-refractivity contribution in [2.45, 2.75) is 13.1 Å². The summed E-state index contributed by atoms with van der Waals surface area (Å²) < 4.78 is 9.68. The van der Waals surface area contributed by atoms with Crippen molar-refractivity contribution in [2.75, 3.05) is 36.1 Å². The van der Waals surface area contributed by atoms with Crippen LogP contribution in [0.25, 0.3) is 28.1 Å². The van der Waals surface area contributed by atoms with Crippen LogP contribution in [0.4, 0.5) is 11.8 Å². The van der Waals surface area contributed by atoms with E-state index in [4.69, 9.17) is 19.7 Å². The predicted octanol–water partition coefficient (Wildman–Crippen LogP) is 4.75. The van der Waals surface area contributed by atoms with Gasteiger partial charge >= 0.3 is 0 Å². The summed E-state index contributed by atoms with van der Waals surface area (Å²) in [5, 5.41) is 0. The van der Waals surface area contributed by atoms with Gasteiger partial charge in [-0.15, -0.1) is 0 Å². The van der Waals surface area contributed by atoms with Gasteiger partial charge in [0.25, 0.3) is 0 Å². The van der Waals surface area contributed by atoms with Crippen LogP contribution in [0, 0.1) is 0 Å². The Hall–Kier alpha value is -4.76. The Morgan fingerprint density at radius 3 is 2.12 bits per heavy atom. The highest BCUT2D eigenvalue weighted by atomic mass is 16.5. The molecule has 200 valence electrons. The summed E-state index contributed by atoms with van der Waals surface area (Å²) >= 11 is 0. The maximum atomic E-state index is 5.63. The zero-order chi connectivity index (χ0) is 26.9. The molecule has 0 unspecified atom stereocenters. The minimum atomic E-state index is 0.576. The lowest BCUT2D eigenvalue weighted by Crippen LogP contribution is -2.37. The molecule has 3 aromatic carbocycles. The first-order valence-electron chi connectivity index (χ1n) is 13.6. The molecule has 0 saturated carbocycles. The molecule has 1 aliphatic rings. The van der Waals surface area contributed by atoms with E-state index in [1.165, 1.54) is 11.1 Å². The first kappa shape index (κ1) is 24.3. The Balaban J connectivity index is 1.43. The van der Waals surface area contributed by atoms with Gasteiger partial charge in [-0.25, -0.2) is 14.5 Å². The summed E-state index contributed by atoms with van der Waals surface area (Å²) in [4.78, 5) is 24.6. The lowest BCUT2D eigenvalue weighted by Gasteiger charge is -2.28. The number of anilines is 2. The van der Waals surface area contributed by atoms with Crippen LogP contribution >= 0.6 is 0 Å². The van der Waals surface area contributed by atoms with Crippen LogP contribution in [-0.2, 0) is 24.9 Å². The predicted molar refractivity (Wildman–Crippen MR) is 157 cm³/mol. The first-order valence-corrected chi connectivity index (χ1v) is 13.6. The first-order chi connectivity index (χ1) is 19.7. The number of fused-ring (bicyclic) bond motifs is 2. The zero-order valence-corrected chi connectivity index (χ0v) is 22.4. The van der Waals surface area contributed by atoms with Gasteiger partial charge in [0.1, 0.15) is 0 Å². The van der Waals surface area contributed by atoms with Crippen LogP contribution in [0.2, 0.25) is 0 Å². The SMILES string of the molecule is Cn1cnc2c(N3CCOCC3)nc(-n3c(N(Cc4ccccc4)Cc4ccccc4)nc4ccccc43)nc21. The molecule has 9 nitrogen and oxygen atoms in total. The molecule has 6 aromatic rings. The largest absolute Gasteiger partial charge is 0.378 e. The molecule has 0 bridgehead atoms. The number of ether oxygens (including phenoxy) is 1. The summed E-state index contributed by atoms with van der Waals surface area (Å²) in [6.45, 7) is 4.21. The third kappa shape index (κ3) is 4.54. The van der Waals surface area contributed by atoms with Gasteiger partial charge in [-0.2, -0.15) is 9.97 Å². The smallest absolute Gasteiger partial charge is 0.241 e. The number of aromatic nitrogens is 6. The quantitative estimate of drug-likeness (QED) is 0.295. The van der Waals surface area contributed by atoms with E-state index in [-0.39, 0.29) is 0 Å². The molecule has 0 spiro atoms. The third-order valence-electron chi connectivity index (χ3n) is 7.30. The molecule has 0 atom stereocenters.